The van der Waals surface area contributed by atoms with Crippen molar-refractivity contribution in [1.82, 2.24) is 25.1 Å². The molecule has 0 spiro atoms. The van der Waals surface area contributed by atoms with Crippen LogP contribution >= 0.6 is 0 Å². The molecular formula is C25H21N5O2. The molecule has 0 fully saturated rings. The lowest BCUT2D eigenvalue weighted by Gasteiger charge is -2.15. The molecule has 1 aromatic carbocycles. The molecule has 0 bridgehead atoms. The van der Waals surface area contributed by atoms with E-state index in [4.69, 9.17) is 9.40 Å². The summed E-state index contributed by atoms with van der Waals surface area (Å²) in [6, 6.07) is 18.9. The summed E-state index contributed by atoms with van der Waals surface area (Å²) in [7, 11) is 0. The summed E-state index contributed by atoms with van der Waals surface area (Å²) in [6.07, 6.45) is 6.78. The topological polar surface area (TPSA) is 85.8 Å². The van der Waals surface area contributed by atoms with Gasteiger partial charge in [0.2, 0.25) is 0 Å². The summed E-state index contributed by atoms with van der Waals surface area (Å²) in [4.78, 5) is 22.3. The number of nitrogens with one attached hydrogen (secondary N) is 1. The van der Waals surface area contributed by atoms with Crippen LogP contribution in [0.4, 0.5) is 0 Å². The highest BCUT2D eigenvalue weighted by Gasteiger charge is 2.20. The van der Waals surface area contributed by atoms with Gasteiger partial charge in [-0.05, 0) is 36.8 Å². The second kappa shape index (κ2) is 8.47. The van der Waals surface area contributed by atoms with E-state index in [0.717, 1.165) is 16.9 Å². The fraction of sp³-hybridized carbons (Fsp3) is 0.120. The Morgan fingerprint density at radius 2 is 1.97 bits per heavy atom. The smallest absolute Gasteiger partial charge is 0.252 e. The van der Waals surface area contributed by atoms with Gasteiger partial charge in [0.15, 0.2) is 5.65 Å². The fourth-order valence-electron chi connectivity index (χ4n) is 3.65. The van der Waals surface area contributed by atoms with Gasteiger partial charge in [0.25, 0.3) is 5.91 Å². The maximum Gasteiger partial charge on any atom is 0.252 e. The molecule has 0 aliphatic heterocycles. The number of furan rings is 1. The molecule has 5 aromatic rings. The van der Waals surface area contributed by atoms with Crippen LogP contribution in [0.2, 0.25) is 0 Å². The van der Waals surface area contributed by atoms with E-state index in [2.05, 4.69) is 15.4 Å². The first kappa shape index (κ1) is 19.7. The van der Waals surface area contributed by atoms with E-state index in [9.17, 15) is 4.79 Å². The molecule has 1 amide bonds. The second-order valence-electron chi connectivity index (χ2n) is 7.52. The first-order valence-electron chi connectivity index (χ1n) is 10.3. The molecule has 0 aliphatic rings. The summed E-state index contributed by atoms with van der Waals surface area (Å²) < 4.78 is 7.23. The van der Waals surface area contributed by atoms with Crippen molar-refractivity contribution in [3.63, 3.8) is 0 Å². The minimum atomic E-state index is -0.197. The van der Waals surface area contributed by atoms with Crippen LogP contribution in [0.15, 0.2) is 89.9 Å². The number of carbonyl (C=O) groups excluding carboxylic acids is 1. The third kappa shape index (κ3) is 3.88. The van der Waals surface area contributed by atoms with Crippen LogP contribution in [-0.4, -0.2) is 25.7 Å². The van der Waals surface area contributed by atoms with Gasteiger partial charge in [0.05, 0.1) is 35.1 Å². The predicted molar refractivity (Wildman–Crippen MR) is 121 cm³/mol. The number of benzene rings is 1. The van der Waals surface area contributed by atoms with Crippen molar-refractivity contribution >= 4 is 16.9 Å². The molecule has 0 radical (unpaired) electrons. The van der Waals surface area contributed by atoms with Crippen LogP contribution in [0.3, 0.4) is 0 Å². The minimum absolute atomic E-state index is 0.191. The number of hydrogen-bond acceptors (Lipinski definition) is 5. The zero-order valence-electron chi connectivity index (χ0n) is 17.5. The first-order valence-corrected chi connectivity index (χ1v) is 10.3. The Hall–Kier alpha value is -4.26. The predicted octanol–water partition coefficient (Wildman–Crippen LogP) is 4.63. The lowest BCUT2D eigenvalue weighted by molar-refractivity contribution is 0.0941. The molecule has 7 nitrogen and oxygen atoms in total. The van der Waals surface area contributed by atoms with Crippen LogP contribution < -0.4 is 5.32 Å². The standard InChI is InChI=1S/C25H21N5O2/c1-17(19-9-5-11-26-14-19)28-25(31)21-13-23(18-7-3-2-4-8-18)29-24-22(21)15-27-30(24)16-20-10-6-12-32-20/h2-15,17H,16H2,1H3,(H,28,31)/t17-/m1/s1. The number of aromatic nitrogens is 4. The Morgan fingerprint density at radius 1 is 1.09 bits per heavy atom. The molecule has 5 rings (SSSR count). The van der Waals surface area contributed by atoms with Crippen molar-refractivity contribution < 1.29 is 9.21 Å². The van der Waals surface area contributed by atoms with E-state index in [0.29, 0.717) is 28.8 Å². The zero-order valence-corrected chi connectivity index (χ0v) is 17.5. The Balaban J connectivity index is 1.57. The Labute approximate surface area is 184 Å². The van der Waals surface area contributed by atoms with Crippen molar-refractivity contribution in [3.05, 3.63) is 102 Å². The first-order chi connectivity index (χ1) is 15.7. The van der Waals surface area contributed by atoms with Crippen molar-refractivity contribution in [2.24, 2.45) is 0 Å². The van der Waals surface area contributed by atoms with Gasteiger partial charge in [-0.3, -0.25) is 9.78 Å². The van der Waals surface area contributed by atoms with Gasteiger partial charge in [-0.25, -0.2) is 9.67 Å². The van der Waals surface area contributed by atoms with Crippen molar-refractivity contribution in [2.75, 3.05) is 0 Å². The fourth-order valence-corrected chi connectivity index (χ4v) is 3.65. The number of carbonyl (C=O) groups is 1. The third-order valence-corrected chi connectivity index (χ3v) is 5.34. The van der Waals surface area contributed by atoms with Gasteiger partial charge < -0.3 is 9.73 Å². The maximum absolute atomic E-state index is 13.3. The highest BCUT2D eigenvalue weighted by atomic mass is 16.3. The molecule has 0 saturated carbocycles. The summed E-state index contributed by atoms with van der Waals surface area (Å²) in [5.41, 5.74) is 3.72. The summed E-state index contributed by atoms with van der Waals surface area (Å²) >= 11 is 0. The normalized spacial score (nSPS) is 12.0. The second-order valence-corrected chi connectivity index (χ2v) is 7.52. The monoisotopic (exact) mass is 423 g/mol. The number of pyridine rings is 2. The van der Waals surface area contributed by atoms with Gasteiger partial charge in [0, 0.05) is 18.0 Å². The molecule has 0 aliphatic carbocycles. The van der Waals surface area contributed by atoms with Gasteiger partial charge >= 0.3 is 0 Å². The number of fused-ring (bicyclic) bond motifs is 1. The number of nitrogens with zero attached hydrogens (tertiary/aromatic N) is 4. The quantitative estimate of drug-likeness (QED) is 0.430. The van der Waals surface area contributed by atoms with Crippen molar-refractivity contribution in [2.45, 2.75) is 19.5 Å². The van der Waals surface area contributed by atoms with E-state index in [1.54, 1.807) is 29.5 Å². The molecule has 0 saturated heterocycles. The van der Waals surface area contributed by atoms with Crippen LogP contribution in [0.25, 0.3) is 22.3 Å². The number of rotatable bonds is 6. The molecule has 1 N–H and O–H groups in total. The van der Waals surface area contributed by atoms with Crippen molar-refractivity contribution in [3.8, 4) is 11.3 Å². The van der Waals surface area contributed by atoms with E-state index < -0.39 is 0 Å². The van der Waals surface area contributed by atoms with Gasteiger partial charge in [0.1, 0.15) is 12.3 Å². The van der Waals surface area contributed by atoms with Gasteiger partial charge in [-0.15, -0.1) is 0 Å². The highest BCUT2D eigenvalue weighted by molar-refractivity contribution is 6.06. The summed E-state index contributed by atoms with van der Waals surface area (Å²) in [6.45, 7) is 2.36. The lowest BCUT2D eigenvalue weighted by Crippen LogP contribution is -2.27. The average Bonchev–Trinajstić information content (AvgIpc) is 3.50. The molecular weight excluding hydrogens is 402 g/mol. The highest BCUT2D eigenvalue weighted by Crippen LogP contribution is 2.26. The molecule has 4 aromatic heterocycles. The van der Waals surface area contributed by atoms with Gasteiger partial charge in [-0.2, -0.15) is 5.10 Å². The molecule has 32 heavy (non-hydrogen) atoms. The van der Waals surface area contributed by atoms with Crippen LogP contribution in [0, 0.1) is 0 Å². The molecule has 4 heterocycles. The van der Waals surface area contributed by atoms with Crippen molar-refractivity contribution in [1.29, 1.82) is 0 Å². The average molecular weight is 423 g/mol. The summed E-state index contributed by atoms with van der Waals surface area (Å²) in [5, 5.41) is 8.25. The Kier molecular flexibility index (Phi) is 5.21. The maximum atomic E-state index is 13.3. The zero-order chi connectivity index (χ0) is 21.9. The minimum Gasteiger partial charge on any atom is -0.467 e. The van der Waals surface area contributed by atoms with Crippen LogP contribution in [-0.2, 0) is 6.54 Å². The number of amides is 1. The third-order valence-electron chi connectivity index (χ3n) is 5.34. The SMILES string of the molecule is C[C@@H](NC(=O)c1cc(-c2ccccc2)nc2c1cnn2Cc1ccco1)c1cccnc1. The van der Waals surface area contributed by atoms with Crippen LogP contribution in [0.5, 0.6) is 0 Å². The van der Waals surface area contributed by atoms with E-state index in [-0.39, 0.29) is 11.9 Å². The lowest BCUT2D eigenvalue weighted by atomic mass is 10.1. The van der Waals surface area contributed by atoms with Gasteiger partial charge in [-0.1, -0.05) is 36.4 Å². The molecule has 7 heteroatoms. The van der Waals surface area contributed by atoms with E-state index >= 15 is 0 Å². The largest absolute Gasteiger partial charge is 0.467 e. The molecule has 1 atom stereocenters. The van der Waals surface area contributed by atoms with E-state index in [1.807, 2.05) is 67.6 Å². The Morgan fingerprint density at radius 3 is 2.72 bits per heavy atom. The van der Waals surface area contributed by atoms with E-state index in [1.165, 1.54) is 0 Å². The molecule has 0 unspecified atom stereocenters. The Bertz CT molecular complexity index is 1350. The molecule has 158 valence electrons. The van der Waals surface area contributed by atoms with Crippen LogP contribution in [0.1, 0.15) is 34.6 Å². The number of hydrogen-bond donors (Lipinski definition) is 1. The summed E-state index contributed by atoms with van der Waals surface area (Å²) in [5.74, 6) is 0.571.